The predicted molar refractivity (Wildman–Crippen MR) is 92.2 cm³/mol. The van der Waals surface area contributed by atoms with Crippen molar-refractivity contribution >= 4 is 10.0 Å². The summed E-state index contributed by atoms with van der Waals surface area (Å²) in [6.07, 6.45) is 4.43. The van der Waals surface area contributed by atoms with Crippen molar-refractivity contribution in [3.63, 3.8) is 0 Å². The van der Waals surface area contributed by atoms with Gasteiger partial charge in [0.05, 0.1) is 18.6 Å². The molecule has 1 fully saturated rings. The molecular formula is C17H21N3O4S. The molecule has 3 rings (SSSR count). The zero-order valence-electron chi connectivity index (χ0n) is 14.3. The van der Waals surface area contributed by atoms with Crippen LogP contribution in [0.1, 0.15) is 18.4 Å². The van der Waals surface area contributed by atoms with Crippen LogP contribution in [0.4, 0.5) is 0 Å². The molecule has 2 heterocycles. The van der Waals surface area contributed by atoms with E-state index in [-0.39, 0.29) is 23.6 Å². The number of methoxy groups -OCH3 is 1. The van der Waals surface area contributed by atoms with Crippen LogP contribution in [0, 0.1) is 6.92 Å². The quantitative estimate of drug-likeness (QED) is 0.808. The minimum atomic E-state index is -3.58. The van der Waals surface area contributed by atoms with Gasteiger partial charge in [-0.15, -0.1) is 0 Å². The molecule has 0 bridgehead atoms. The van der Waals surface area contributed by atoms with Gasteiger partial charge in [0.15, 0.2) is 0 Å². The molecule has 0 spiro atoms. The Labute approximate surface area is 147 Å². The van der Waals surface area contributed by atoms with Gasteiger partial charge in [0.1, 0.15) is 11.9 Å². The zero-order chi connectivity index (χ0) is 17.9. The van der Waals surface area contributed by atoms with Gasteiger partial charge in [0.25, 0.3) is 0 Å². The SMILES string of the molecule is COc1ccc(S(=O)(=O)N2CCCC(Oc3ncccn3)C2)cc1C. The summed E-state index contributed by atoms with van der Waals surface area (Å²) < 4.78 is 38.3. The monoisotopic (exact) mass is 363 g/mol. The van der Waals surface area contributed by atoms with Gasteiger partial charge in [-0.25, -0.2) is 18.4 Å². The van der Waals surface area contributed by atoms with Crippen molar-refractivity contribution in [2.75, 3.05) is 20.2 Å². The summed E-state index contributed by atoms with van der Waals surface area (Å²) in [4.78, 5) is 8.33. The van der Waals surface area contributed by atoms with E-state index in [0.29, 0.717) is 12.3 Å². The summed E-state index contributed by atoms with van der Waals surface area (Å²) in [6.45, 7) is 2.58. The van der Waals surface area contributed by atoms with Crippen molar-refractivity contribution in [2.45, 2.75) is 30.8 Å². The first-order valence-corrected chi connectivity index (χ1v) is 9.53. The van der Waals surface area contributed by atoms with E-state index in [1.165, 1.54) is 4.31 Å². The molecule has 1 unspecified atom stereocenters. The molecule has 0 saturated carbocycles. The van der Waals surface area contributed by atoms with Crippen molar-refractivity contribution in [1.29, 1.82) is 0 Å². The van der Waals surface area contributed by atoms with Crippen LogP contribution in [0.5, 0.6) is 11.8 Å². The Kier molecular flexibility index (Phi) is 5.19. The fourth-order valence-corrected chi connectivity index (χ4v) is 4.47. The van der Waals surface area contributed by atoms with Crippen molar-refractivity contribution in [1.82, 2.24) is 14.3 Å². The fourth-order valence-electron chi connectivity index (χ4n) is 2.88. The molecule has 0 amide bonds. The second kappa shape index (κ2) is 7.37. The number of hydrogen-bond acceptors (Lipinski definition) is 6. The van der Waals surface area contributed by atoms with E-state index in [2.05, 4.69) is 9.97 Å². The molecule has 134 valence electrons. The molecule has 1 aliphatic heterocycles. The lowest BCUT2D eigenvalue weighted by Crippen LogP contribution is -2.44. The van der Waals surface area contributed by atoms with Crippen LogP contribution >= 0.6 is 0 Å². The number of nitrogens with zero attached hydrogens (tertiary/aromatic N) is 3. The topological polar surface area (TPSA) is 81.6 Å². The normalized spacial score (nSPS) is 18.7. The van der Waals surface area contributed by atoms with Gasteiger partial charge in [-0.2, -0.15) is 4.31 Å². The molecule has 0 aliphatic carbocycles. The lowest BCUT2D eigenvalue weighted by molar-refractivity contribution is 0.119. The lowest BCUT2D eigenvalue weighted by Gasteiger charge is -2.31. The van der Waals surface area contributed by atoms with Gasteiger partial charge in [-0.1, -0.05) is 0 Å². The molecule has 2 aromatic rings. The largest absolute Gasteiger partial charge is 0.496 e. The molecule has 0 N–H and O–H groups in total. The van der Waals surface area contributed by atoms with Gasteiger partial charge in [0.2, 0.25) is 10.0 Å². The number of aromatic nitrogens is 2. The molecule has 1 aliphatic rings. The predicted octanol–water partition coefficient (Wildman–Crippen LogP) is 2.03. The van der Waals surface area contributed by atoms with Crippen LogP contribution in [-0.2, 0) is 10.0 Å². The standard InChI is InChI=1S/C17H21N3O4S/c1-13-11-15(6-7-16(13)23-2)25(21,22)20-10-3-5-14(12-20)24-17-18-8-4-9-19-17/h4,6-9,11,14H,3,5,10,12H2,1-2H3. The van der Waals surface area contributed by atoms with E-state index in [0.717, 1.165) is 18.4 Å². The average Bonchev–Trinajstić information content (AvgIpc) is 2.62. The lowest BCUT2D eigenvalue weighted by atomic mass is 10.1. The molecule has 1 saturated heterocycles. The summed E-state index contributed by atoms with van der Waals surface area (Å²) >= 11 is 0. The molecule has 1 atom stereocenters. The Morgan fingerprint density at radius 1 is 1.24 bits per heavy atom. The third-order valence-corrected chi connectivity index (χ3v) is 6.02. The minimum Gasteiger partial charge on any atom is -0.496 e. The number of rotatable bonds is 5. The van der Waals surface area contributed by atoms with Crippen LogP contribution in [0.3, 0.4) is 0 Å². The van der Waals surface area contributed by atoms with E-state index in [1.54, 1.807) is 43.8 Å². The van der Waals surface area contributed by atoms with Gasteiger partial charge in [-0.3, -0.25) is 0 Å². The number of benzene rings is 1. The molecular weight excluding hydrogens is 342 g/mol. The molecule has 7 nitrogen and oxygen atoms in total. The number of sulfonamides is 1. The highest BCUT2D eigenvalue weighted by Gasteiger charge is 2.31. The summed E-state index contributed by atoms with van der Waals surface area (Å²) in [6, 6.07) is 6.87. The highest BCUT2D eigenvalue weighted by Crippen LogP contribution is 2.26. The highest BCUT2D eigenvalue weighted by atomic mass is 32.2. The average molecular weight is 363 g/mol. The van der Waals surface area contributed by atoms with Gasteiger partial charge in [0, 0.05) is 18.9 Å². The first-order valence-electron chi connectivity index (χ1n) is 8.09. The minimum absolute atomic E-state index is 0.259. The van der Waals surface area contributed by atoms with E-state index in [4.69, 9.17) is 9.47 Å². The van der Waals surface area contributed by atoms with Crippen LogP contribution in [0.25, 0.3) is 0 Å². The number of hydrogen-bond donors (Lipinski definition) is 0. The van der Waals surface area contributed by atoms with E-state index in [1.807, 2.05) is 6.92 Å². The van der Waals surface area contributed by atoms with Crippen molar-refractivity contribution in [3.8, 4) is 11.8 Å². The maximum absolute atomic E-state index is 12.9. The number of aryl methyl sites for hydroxylation is 1. The third-order valence-electron chi connectivity index (χ3n) is 4.16. The zero-order valence-corrected chi connectivity index (χ0v) is 15.1. The molecule has 1 aromatic heterocycles. The molecule has 0 radical (unpaired) electrons. The van der Waals surface area contributed by atoms with Gasteiger partial charge >= 0.3 is 6.01 Å². The molecule has 1 aromatic carbocycles. The summed E-state index contributed by atoms with van der Waals surface area (Å²) in [7, 11) is -2.01. The van der Waals surface area contributed by atoms with Crippen LogP contribution in [0.15, 0.2) is 41.6 Å². The number of piperidine rings is 1. The van der Waals surface area contributed by atoms with Crippen molar-refractivity contribution in [2.24, 2.45) is 0 Å². The third kappa shape index (κ3) is 3.91. The Morgan fingerprint density at radius 3 is 2.68 bits per heavy atom. The van der Waals surface area contributed by atoms with E-state index < -0.39 is 10.0 Å². The van der Waals surface area contributed by atoms with Crippen LogP contribution in [-0.4, -0.2) is 49.0 Å². The second-order valence-corrected chi connectivity index (χ2v) is 7.85. The second-order valence-electron chi connectivity index (χ2n) is 5.91. The number of ether oxygens (including phenoxy) is 2. The van der Waals surface area contributed by atoms with E-state index >= 15 is 0 Å². The summed E-state index contributed by atoms with van der Waals surface area (Å²) in [5.74, 6) is 0.667. The molecule has 25 heavy (non-hydrogen) atoms. The maximum atomic E-state index is 12.9. The Bertz CT molecular complexity index is 827. The van der Waals surface area contributed by atoms with Crippen LogP contribution < -0.4 is 9.47 Å². The summed E-state index contributed by atoms with van der Waals surface area (Å²) in [5.41, 5.74) is 0.783. The first kappa shape index (κ1) is 17.6. The van der Waals surface area contributed by atoms with Crippen LogP contribution in [0.2, 0.25) is 0 Å². The first-order chi connectivity index (χ1) is 12.0. The molecule has 8 heteroatoms. The Morgan fingerprint density at radius 2 is 2.00 bits per heavy atom. The smallest absolute Gasteiger partial charge is 0.316 e. The summed E-state index contributed by atoms with van der Waals surface area (Å²) in [5, 5.41) is 0. The van der Waals surface area contributed by atoms with E-state index in [9.17, 15) is 8.42 Å². The highest BCUT2D eigenvalue weighted by molar-refractivity contribution is 7.89. The van der Waals surface area contributed by atoms with Crippen molar-refractivity contribution < 1.29 is 17.9 Å². The Balaban J connectivity index is 1.76. The van der Waals surface area contributed by atoms with Gasteiger partial charge < -0.3 is 9.47 Å². The van der Waals surface area contributed by atoms with Gasteiger partial charge in [-0.05, 0) is 49.6 Å². The maximum Gasteiger partial charge on any atom is 0.316 e. The Hall–Kier alpha value is -2.19. The van der Waals surface area contributed by atoms with Crippen molar-refractivity contribution in [3.05, 3.63) is 42.2 Å². The fraction of sp³-hybridized carbons (Fsp3) is 0.412.